The molecule has 0 atom stereocenters. The van der Waals surface area contributed by atoms with Crippen molar-refractivity contribution in [2.45, 2.75) is 32.9 Å². The largest absolute Gasteiger partial charge is 0.420 e. The monoisotopic (exact) mass is 393 g/mol. The van der Waals surface area contributed by atoms with E-state index >= 15 is 0 Å². The van der Waals surface area contributed by atoms with Crippen LogP contribution in [0.25, 0.3) is 11.1 Å². The normalized spacial score (nSPS) is 15.6. The number of rotatable bonds is 6. The van der Waals surface area contributed by atoms with E-state index in [1.165, 1.54) is 15.7 Å². The first-order valence-corrected chi connectivity index (χ1v) is 10.2. The van der Waals surface area contributed by atoms with Crippen molar-refractivity contribution in [3.8, 4) is 0 Å². The number of likely N-dealkylation sites (tertiary alicyclic amines) is 1. The Morgan fingerprint density at radius 1 is 1.10 bits per heavy atom. The Kier molecular flexibility index (Phi) is 5.81. The van der Waals surface area contributed by atoms with Gasteiger partial charge in [-0.1, -0.05) is 42.0 Å². The summed E-state index contributed by atoms with van der Waals surface area (Å²) < 4.78 is 6.57. The van der Waals surface area contributed by atoms with Crippen molar-refractivity contribution in [2.24, 2.45) is 5.92 Å². The average Bonchev–Trinajstić information content (AvgIpc) is 3.04. The minimum atomic E-state index is -0.495. The number of hydrogen-bond donors (Lipinski definition) is 1. The van der Waals surface area contributed by atoms with E-state index in [-0.39, 0.29) is 12.5 Å². The summed E-state index contributed by atoms with van der Waals surface area (Å²) in [6.07, 6.45) is 2.14. The van der Waals surface area contributed by atoms with E-state index in [9.17, 15) is 9.59 Å². The van der Waals surface area contributed by atoms with Gasteiger partial charge in [0.25, 0.3) is 0 Å². The number of nitrogens with zero attached hydrogens (tertiary/aromatic N) is 2. The second kappa shape index (κ2) is 8.66. The van der Waals surface area contributed by atoms with Crippen LogP contribution in [-0.4, -0.2) is 35.0 Å². The molecule has 1 saturated heterocycles. The van der Waals surface area contributed by atoms with E-state index in [1.54, 1.807) is 18.2 Å². The fourth-order valence-electron chi connectivity index (χ4n) is 3.92. The molecule has 6 nitrogen and oxygen atoms in total. The van der Waals surface area contributed by atoms with Gasteiger partial charge in [0, 0.05) is 13.1 Å². The standard InChI is InChI=1S/C23H27N3O3/c1-17-6-8-19(9-7-17)15-25-12-10-18(11-13-25)14-24-22(27)16-26-20-4-2-3-5-21(20)29-23(26)28/h2-9,18H,10-16H2,1H3,(H,24,27). The van der Waals surface area contributed by atoms with Gasteiger partial charge in [-0.25, -0.2) is 4.79 Å². The van der Waals surface area contributed by atoms with Crippen LogP contribution in [0.1, 0.15) is 24.0 Å². The van der Waals surface area contributed by atoms with Gasteiger partial charge >= 0.3 is 5.76 Å². The number of oxazole rings is 1. The van der Waals surface area contributed by atoms with Crippen LogP contribution in [-0.2, 0) is 17.9 Å². The topological polar surface area (TPSA) is 67.5 Å². The molecule has 29 heavy (non-hydrogen) atoms. The molecular weight excluding hydrogens is 366 g/mol. The van der Waals surface area contributed by atoms with E-state index in [0.717, 1.165) is 32.5 Å². The van der Waals surface area contributed by atoms with Crippen molar-refractivity contribution in [2.75, 3.05) is 19.6 Å². The summed E-state index contributed by atoms with van der Waals surface area (Å²) in [6, 6.07) is 15.9. The Labute approximate surface area is 170 Å². The van der Waals surface area contributed by atoms with Crippen LogP contribution in [0, 0.1) is 12.8 Å². The van der Waals surface area contributed by atoms with E-state index < -0.39 is 5.76 Å². The highest BCUT2D eigenvalue weighted by Crippen LogP contribution is 2.19. The van der Waals surface area contributed by atoms with Crippen molar-refractivity contribution in [1.29, 1.82) is 0 Å². The number of para-hydroxylation sites is 2. The zero-order valence-corrected chi connectivity index (χ0v) is 16.8. The summed E-state index contributed by atoms with van der Waals surface area (Å²) in [6.45, 7) is 5.81. The Bertz CT molecular complexity index is 1030. The first kappa shape index (κ1) is 19.5. The van der Waals surface area contributed by atoms with Crippen LogP contribution in [0.2, 0.25) is 0 Å². The molecule has 0 unspecified atom stereocenters. The molecule has 1 aromatic heterocycles. The molecule has 152 valence electrons. The molecule has 0 radical (unpaired) electrons. The first-order chi connectivity index (χ1) is 14.1. The van der Waals surface area contributed by atoms with Crippen molar-refractivity contribution in [1.82, 2.24) is 14.8 Å². The van der Waals surface area contributed by atoms with Crippen LogP contribution in [0.3, 0.4) is 0 Å². The maximum atomic E-state index is 12.4. The molecule has 1 amide bonds. The molecular formula is C23H27N3O3. The Hall–Kier alpha value is -2.86. The molecule has 3 aromatic rings. The highest BCUT2D eigenvalue weighted by Gasteiger charge is 2.20. The number of aromatic nitrogens is 1. The minimum Gasteiger partial charge on any atom is -0.408 e. The Morgan fingerprint density at radius 2 is 1.83 bits per heavy atom. The predicted molar refractivity (Wildman–Crippen MR) is 113 cm³/mol. The smallest absolute Gasteiger partial charge is 0.408 e. The van der Waals surface area contributed by atoms with Crippen LogP contribution < -0.4 is 11.1 Å². The quantitative estimate of drug-likeness (QED) is 0.699. The van der Waals surface area contributed by atoms with E-state index in [4.69, 9.17) is 4.42 Å². The van der Waals surface area contributed by atoms with Gasteiger partial charge in [-0.3, -0.25) is 14.3 Å². The number of aryl methyl sites for hydroxylation is 1. The van der Waals surface area contributed by atoms with Gasteiger partial charge in [0.15, 0.2) is 5.58 Å². The number of piperidine rings is 1. The molecule has 0 saturated carbocycles. The molecule has 1 aliphatic rings. The minimum absolute atomic E-state index is 0.0118. The second-order valence-electron chi connectivity index (χ2n) is 7.93. The van der Waals surface area contributed by atoms with Crippen molar-refractivity contribution < 1.29 is 9.21 Å². The number of nitrogens with one attached hydrogen (secondary N) is 1. The van der Waals surface area contributed by atoms with Crippen molar-refractivity contribution in [3.05, 3.63) is 70.2 Å². The highest BCUT2D eigenvalue weighted by atomic mass is 16.4. The third kappa shape index (κ3) is 4.77. The predicted octanol–water partition coefficient (Wildman–Crippen LogP) is 2.93. The molecule has 0 bridgehead atoms. The molecule has 1 aliphatic heterocycles. The van der Waals surface area contributed by atoms with Gasteiger partial charge in [-0.05, 0) is 56.5 Å². The zero-order chi connectivity index (χ0) is 20.2. The number of carbonyl (C=O) groups is 1. The molecule has 2 aromatic carbocycles. The summed E-state index contributed by atoms with van der Waals surface area (Å²) in [7, 11) is 0. The van der Waals surface area contributed by atoms with Gasteiger partial charge in [-0.2, -0.15) is 0 Å². The second-order valence-corrected chi connectivity index (χ2v) is 7.93. The van der Waals surface area contributed by atoms with Gasteiger partial charge in [0.1, 0.15) is 6.54 Å². The van der Waals surface area contributed by atoms with Crippen LogP contribution in [0.5, 0.6) is 0 Å². The van der Waals surface area contributed by atoms with Gasteiger partial charge in [0.2, 0.25) is 5.91 Å². The lowest BCUT2D eigenvalue weighted by atomic mass is 9.96. The maximum Gasteiger partial charge on any atom is 0.420 e. The summed E-state index contributed by atoms with van der Waals surface area (Å²) in [5.74, 6) is -0.169. The third-order valence-electron chi connectivity index (χ3n) is 5.70. The van der Waals surface area contributed by atoms with Gasteiger partial charge in [0.05, 0.1) is 5.52 Å². The fourth-order valence-corrected chi connectivity index (χ4v) is 3.92. The lowest BCUT2D eigenvalue weighted by Gasteiger charge is -2.32. The summed E-state index contributed by atoms with van der Waals surface area (Å²) in [4.78, 5) is 26.8. The molecule has 0 aliphatic carbocycles. The lowest BCUT2D eigenvalue weighted by molar-refractivity contribution is -0.121. The van der Waals surface area contributed by atoms with E-state index in [0.29, 0.717) is 23.6 Å². The third-order valence-corrected chi connectivity index (χ3v) is 5.70. The molecule has 6 heteroatoms. The number of carbonyl (C=O) groups excluding carboxylic acids is 1. The summed E-state index contributed by atoms with van der Waals surface area (Å²) in [5.41, 5.74) is 3.79. The number of amides is 1. The number of hydrogen-bond acceptors (Lipinski definition) is 4. The zero-order valence-electron chi connectivity index (χ0n) is 16.8. The van der Waals surface area contributed by atoms with Gasteiger partial charge < -0.3 is 9.73 Å². The van der Waals surface area contributed by atoms with E-state index in [1.807, 2.05) is 6.07 Å². The SMILES string of the molecule is Cc1ccc(CN2CCC(CNC(=O)Cn3c(=O)oc4ccccc43)CC2)cc1. The first-order valence-electron chi connectivity index (χ1n) is 10.2. The van der Waals surface area contributed by atoms with Crippen molar-refractivity contribution in [3.63, 3.8) is 0 Å². The maximum absolute atomic E-state index is 12.4. The van der Waals surface area contributed by atoms with Gasteiger partial charge in [-0.15, -0.1) is 0 Å². The fraction of sp³-hybridized carbons (Fsp3) is 0.391. The molecule has 4 rings (SSSR count). The number of fused-ring (bicyclic) bond motifs is 1. The Balaban J connectivity index is 1.24. The number of benzene rings is 2. The molecule has 1 fully saturated rings. The molecule has 2 heterocycles. The summed E-state index contributed by atoms with van der Waals surface area (Å²) in [5, 5.41) is 2.99. The highest BCUT2D eigenvalue weighted by molar-refractivity contribution is 5.79. The van der Waals surface area contributed by atoms with E-state index in [2.05, 4.69) is 41.4 Å². The van der Waals surface area contributed by atoms with Crippen molar-refractivity contribution >= 4 is 17.0 Å². The average molecular weight is 393 g/mol. The molecule has 0 spiro atoms. The lowest BCUT2D eigenvalue weighted by Crippen LogP contribution is -2.39. The molecule has 1 N–H and O–H groups in total. The van der Waals surface area contributed by atoms with Crippen LogP contribution in [0.15, 0.2) is 57.7 Å². The summed E-state index contributed by atoms with van der Waals surface area (Å²) >= 11 is 0. The Morgan fingerprint density at radius 3 is 2.59 bits per heavy atom. The van der Waals surface area contributed by atoms with Crippen LogP contribution in [0.4, 0.5) is 0 Å². The van der Waals surface area contributed by atoms with Crippen LogP contribution >= 0.6 is 0 Å².